The van der Waals surface area contributed by atoms with Crippen LogP contribution < -0.4 is 4.74 Å². The molecule has 3 heterocycles. The number of nitrogens with zero attached hydrogens (tertiary/aromatic N) is 5. The summed E-state index contributed by atoms with van der Waals surface area (Å²) in [5.41, 5.74) is 5.55. The van der Waals surface area contributed by atoms with Gasteiger partial charge in [-0.2, -0.15) is 0 Å². The van der Waals surface area contributed by atoms with Gasteiger partial charge in [-0.3, -0.25) is 4.57 Å². The maximum Gasteiger partial charge on any atom is 0.573 e. The lowest BCUT2D eigenvalue weighted by atomic mass is 10.1. The SMILES string of the molecule is Cc1ccc2c(c1)-n1nncc1Cc1c(C#CCc3ccccc3OC(F)(F)F)ncn1-2. The fourth-order valence-corrected chi connectivity index (χ4v) is 3.71. The Balaban J connectivity index is 1.50. The van der Waals surface area contributed by atoms with E-state index in [1.807, 2.05) is 29.7 Å². The van der Waals surface area contributed by atoms with Crippen molar-refractivity contribution in [3.05, 3.63) is 83.2 Å². The summed E-state index contributed by atoms with van der Waals surface area (Å²) in [5, 5.41) is 8.27. The highest BCUT2D eigenvalue weighted by Crippen LogP contribution is 2.29. The molecule has 1 aliphatic heterocycles. The Morgan fingerprint density at radius 3 is 2.81 bits per heavy atom. The second-order valence-corrected chi connectivity index (χ2v) is 7.35. The highest BCUT2D eigenvalue weighted by molar-refractivity contribution is 5.58. The van der Waals surface area contributed by atoms with Crippen molar-refractivity contribution in [2.45, 2.75) is 26.1 Å². The van der Waals surface area contributed by atoms with Crippen LogP contribution in [0.5, 0.6) is 5.75 Å². The second kappa shape index (κ2) is 7.57. The van der Waals surface area contributed by atoms with E-state index in [9.17, 15) is 13.2 Å². The van der Waals surface area contributed by atoms with Crippen molar-refractivity contribution in [1.29, 1.82) is 0 Å². The standard InChI is InChI=1S/C23H16F3N5O/c1-15-9-10-19-21(11-15)31-17(13-28-29-31)12-20-18(27-14-30(19)20)7-4-6-16-5-2-3-8-22(16)32-23(24,25)26/h2-3,5,8-11,13-14H,6,12H2,1H3. The van der Waals surface area contributed by atoms with E-state index in [1.165, 1.54) is 12.1 Å². The van der Waals surface area contributed by atoms with Crippen LogP contribution in [0.15, 0.2) is 55.0 Å². The number of aromatic nitrogens is 5. The number of aryl methyl sites for hydroxylation is 1. The molecule has 2 aromatic carbocycles. The van der Waals surface area contributed by atoms with Crippen molar-refractivity contribution >= 4 is 0 Å². The van der Waals surface area contributed by atoms with Gasteiger partial charge in [-0.1, -0.05) is 35.4 Å². The van der Waals surface area contributed by atoms with E-state index in [-0.39, 0.29) is 12.2 Å². The topological polar surface area (TPSA) is 57.8 Å². The summed E-state index contributed by atoms with van der Waals surface area (Å²) in [6, 6.07) is 12.0. The Hall–Kier alpha value is -4.06. The number of imidazole rings is 1. The molecule has 0 atom stereocenters. The zero-order valence-corrected chi connectivity index (χ0v) is 16.9. The Bertz CT molecular complexity index is 1370. The first-order valence-electron chi connectivity index (χ1n) is 9.79. The van der Waals surface area contributed by atoms with Crippen LogP contribution in [-0.2, 0) is 12.8 Å². The zero-order valence-electron chi connectivity index (χ0n) is 16.9. The molecule has 5 rings (SSSR count). The molecular weight excluding hydrogens is 419 g/mol. The third kappa shape index (κ3) is 3.71. The van der Waals surface area contributed by atoms with Gasteiger partial charge in [-0.05, 0) is 36.6 Å². The predicted molar refractivity (Wildman–Crippen MR) is 110 cm³/mol. The minimum atomic E-state index is -4.76. The monoisotopic (exact) mass is 435 g/mol. The Morgan fingerprint density at radius 2 is 1.97 bits per heavy atom. The summed E-state index contributed by atoms with van der Waals surface area (Å²) >= 11 is 0. The molecule has 1 aliphatic rings. The lowest BCUT2D eigenvalue weighted by Gasteiger charge is -2.11. The molecule has 160 valence electrons. The van der Waals surface area contributed by atoms with Gasteiger partial charge in [0.25, 0.3) is 0 Å². The minimum Gasteiger partial charge on any atom is -0.405 e. The molecule has 0 aliphatic carbocycles. The molecule has 0 fully saturated rings. The van der Waals surface area contributed by atoms with Crippen LogP contribution in [0.2, 0.25) is 0 Å². The van der Waals surface area contributed by atoms with Crippen LogP contribution in [0, 0.1) is 18.8 Å². The van der Waals surface area contributed by atoms with Gasteiger partial charge in [0, 0.05) is 18.4 Å². The molecule has 0 unspecified atom stereocenters. The third-order valence-electron chi connectivity index (χ3n) is 5.14. The number of alkyl halides is 3. The van der Waals surface area contributed by atoms with Crippen molar-refractivity contribution in [1.82, 2.24) is 24.5 Å². The van der Waals surface area contributed by atoms with Crippen LogP contribution in [0.4, 0.5) is 13.2 Å². The van der Waals surface area contributed by atoms with E-state index < -0.39 is 6.36 Å². The summed E-state index contributed by atoms with van der Waals surface area (Å²) in [7, 11) is 0. The number of fused-ring (bicyclic) bond motifs is 5. The first kappa shape index (κ1) is 19.9. The van der Waals surface area contributed by atoms with Crippen LogP contribution in [0.1, 0.15) is 28.2 Å². The van der Waals surface area contributed by atoms with E-state index >= 15 is 0 Å². The number of para-hydroxylation sites is 1. The molecule has 0 N–H and O–H groups in total. The predicted octanol–water partition coefficient (Wildman–Crippen LogP) is 4.16. The summed E-state index contributed by atoms with van der Waals surface area (Å²) in [6.45, 7) is 2.01. The van der Waals surface area contributed by atoms with E-state index in [0.717, 1.165) is 28.3 Å². The van der Waals surface area contributed by atoms with Crippen LogP contribution in [0.25, 0.3) is 11.4 Å². The Labute approximate surface area is 181 Å². The third-order valence-corrected chi connectivity index (χ3v) is 5.14. The molecule has 2 aromatic heterocycles. The summed E-state index contributed by atoms with van der Waals surface area (Å²) in [6.07, 6.45) is -0.745. The first-order chi connectivity index (χ1) is 15.4. The molecule has 9 heteroatoms. The van der Waals surface area contributed by atoms with E-state index in [4.69, 9.17) is 0 Å². The van der Waals surface area contributed by atoms with Gasteiger partial charge in [0.05, 0.1) is 29.0 Å². The van der Waals surface area contributed by atoms with Crippen molar-refractivity contribution in [3.8, 4) is 29.0 Å². The van der Waals surface area contributed by atoms with E-state index in [1.54, 1.807) is 29.3 Å². The van der Waals surface area contributed by atoms with Crippen LogP contribution in [-0.4, -0.2) is 30.9 Å². The maximum atomic E-state index is 12.7. The fourth-order valence-electron chi connectivity index (χ4n) is 3.71. The van der Waals surface area contributed by atoms with Gasteiger partial charge in [-0.25, -0.2) is 9.67 Å². The zero-order chi connectivity index (χ0) is 22.3. The highest BCUT2D eigenvalue weighted by atomic mass is 19.4. The van der Waals surface area contributed by atoms with Gasteiger partial charge in [0.1, 0.15) is 17.8 Å². The summed E-state index contributed by atoms with van der Waals surface area (Å²) < 4.78 is 45.8. The summed E-state index contributed by atoms with van der Waals surface area (Å²) in [4.78, 5) is 4.46. The van der Waals surface area contributed by atoms with Crippen molar-refractivity contribution in [2.24, 2.45) is 0 Å². The first-order valence-corrected chi connectivity index (χ1v) is 9.79. The molecule has 0 radical (unpaired) electrons. The highest BCUT2D eigenvalue weighted by Gasteiger charge is 2.31. The Morgan fingerprint density at radius 1 is 1.12 bits per heavy atom. The number of rotatable bonds is 2. The van der Waals surface area contributed by atoms with Gasteiger partial charge >= 0.3 is 6.36 Å². The Kier molecular flexibility index (Phi) is 4.70. The number of ether oxygens (including phenoxy) is 1. The molecule has 0 spiro atoms. The van der Waals surface area contributed by atoms with Gasteiger partial charge in [-0.15, -0.1) is 18.3 Å². The molecule has 32 heavy (non-hydrogen) atoms. The largest absolute Gasteiger partial charge is 0.573 e. The number of hydrogen-bond donors (Lipinski definition) is 0. The quantitative estimate of drug-likeness (QED) is 0.391. The van der Waals surface area contributed by atoms with Crippen LogP contribution >= 0.6 is 0 Å². The van der Waals surface area contributed by atoms with E-state index in [0.29, 0.717) is 17.7 Å². The molecule has 0 amide bonds. The second-order valence-electron chi connectivity index (χ2n) is 7.35. The number of hydrogen-bond acceptors (Lipinski definition) is 4. The fraction of sp³-hybridized carbons (Fsp3) is 0.174. The molecule has 0 bridgehead atoms. The average Bonchev–Trinajstić information content (AvgIpc) is 3.33. The van der Waals surface area contributed by atoms with Gasteiger partial charge in [0.2, 0.25) is 0 Å². The molecule has 0 saturated heterocycles. The normalized spacial score (nSPS) is 12.1. The lowest BCUT2D eigenvalue weighted by molar-refractivity contribution is -0.274. The summed E-state index contributed by atoms with van der Waals surface area (Å²) in [5.74, 6) is 5.70. The van der Waals surface area contributed by atoms with Gasteiger partial charge < -0.3 is 4.74 Å². The number of halogens is 3. The van der Waals surface area contributed by atoms with Crippen molar-refractivity contribution in [3.63, 3.8) is 0 Å². The van der Waals surface area contributed by atoms with Crippen molar-refractivity contribution < 1.29 is 17.9 Å². The smallest absolute Gasteiger partial charge is 0.405 e. The average molecular weight is 435 g/mol. The number of benzene rings is 2. The molecule has 4 aromatic rings. The molecule has 0 saturated carbocycles. The minimum absolute atomic E-state index is 0.0911. The lowest BCUT2D eigenvalue weighted by Crippen LogP contribution is -2.18. The van der Waals surface area contributed by atoms with Crippen LogP contribution in [0.3, 0.4) is 0 Å². The maximum absolute atomic E-state index is 12.7. The molecular formula is C23H16F3N5O. The van der Waals surface area contributed by atoms with E-state index in [2.05, 4.69) is 31.9 Å². The van der Waals surface area contributed by atoms with Crippen molar-refractivity contribution in [2.75, 3.05) is 0 Å². The molecule has 6 nitrogen and oxygen atoms in total. The van der Waals surface area contributed by atoms with Gasteiger partial charge in [0.15, 0.2) is 0 Å².